The number of hydrogen-bond acceptors (Lipinski definition) is 7. The number of rotatable bonds is 5. The highest BCUT2D eigenvalue weighted by Gasteiger charge is 2.20. The van der Waals surface area contributed by atoms with E-state index in [1.165, 1.54) is 0 Å². The lowest BCUT2D eigenvalue weighted by Crippen LogP contribution is -2.08. The van der Waals surface area contributed by atoms with Gasteiger partial charge >= 0.3 is 5.97 Å². The minimum absolute atomic E-state index is 0.0483. The molecule has 0 aliphatic carbocycles. The molecule has 0 amide bonds. The van der Waals surface area contributed by atoms with E-state index in [1.807, 2.05) is 36.0 Å². The molecule has 0 radical (unpaired) electrons. The van der Waals surface area contributed by atoms with Gasteiger partial charge in [0.1, 0.15) is 18.1 Å². The Balaban J connectivity index is 1.74. The van der Waals surface area contributed by atoms with E-state index in [0.717, 1.165) is 10.6 Å². The van der Waals surface area contributed by atoms with E-state index in [9.17, 15) is 4.79 Å². The first-order chi connectivity index (χ1) is 13.0. The minimum Gasteiger partial charge on any atom is -0.455 e. The van der Waals surface area contributed by atoms with Crippen LogP contribution in [-0.4, -0.2) is 25.9 Å². The first kappa shape index (κ1) is 17.4. The van der Waals surface area contributed by atoms with Gasteiger partial charge in [0.25, 0.3) is 0 Å². The van der Waals surface area contributed by atoms with Crippen molar-refractivity contribution >= 4 is 28.3 Å². The number of carbonyl (C=O) groups is 1. The van der Waals surface area contributed by atoms with Gasteiger partial charge in [-0.3, -0.25) is 0 Å². The van der Waals surface area contributed by atoms with Gasteiger partial charge in [-0.2, -0.15) is 5.10 Å². The molecule has 0 bridgehead atoms. The Morgan fingerprint density at radius 1 is 1.37 bits per heavy atom. The van der Waals surface area contributed by atoms with E-state index in [0.29, 0.717) is 28.1 Å². The predicted octanol–water partition coefficient (Wildman–Crippen LogP) is 4.39. The molecule has 0 unspecified atom stereocenters. The molecular weight excluding hydrogens is 364 g/mol. The van der Waals surface area contributed by atoms with Crippen LogP contribution >= 0.6 is 11.3 Å². The van der Waals surface area contributed by atoms with Crippen LogP contribution in [0.2, 0.25) is 0 Å². The maximum absolute atomic E-state index is 12.8. The lowest BCUT2D eigenvalue weighted by Gasteiger charge is -2.09. The Kier molecular flexibility index (Phi) is 4.49. The normalized spacial score (nSPS) is 11.4. The predicted molar refractivity (Wildman–Crippen MR) is 102 cm³/mol. The van der Waals surface area contributed by atoms with Gasteiger partial charge in [0.2, 0.25) is 0 Å². The van der Waals surface area contributed by atoms with Gasteiger partial charge < -0.3 is 9.26 Å². The zero-order chi connectivity index (χ0) is 19.0. The summed E-state index contributed by atoms with van der Waals surface area (Å²) in [7, 11) is 0. The summed E-state index contributed by atoms with van der Waals surface area (Å²) in [6.45, 7) is 5.89. The van der Waals surface area contributed by atoms with Crippen molar-refractivity contribution in [1.82, 2.24) is 19.9 Å². The molecule has 0 aliphatic rings. The van der Waals surface area contributed by atoms with Crippen LogP contribution in [0.1, 0.15) is 41.7 Å². The van der Waals surface area contributed by atoms with Crippen molar-refractivity contribution in [2.24, 2.45) is 0 Å². The highest BCUT2D eigenvalue weighted by atomic mass is 32.1. The van der Waals surface area contributed by atoms with Gasteiger partial charge in [0.15, 0.2) is 5.65 Å². The third-order valence-corrected chi connectivity index (χ3v) is 4.97. The largest absolute Gasteiger partial charge is 0.455 e. The average molecular weight is 382 g/mol. The van der Waals surface area contributed by atoms with Crippen LogP contribution in [-0.2, 0) is 11.3 Å². The van der Waals surface area contributed by atoms with Gasteiger partial charge in [-0.05, 0) is 38.3 Å². The van der Waals surface area contributed by atoms with E-state index in [-0.39, 0.29) is 12.6 Å². The number of aromatic nitrogens is 4. The highest BCUT2D eigenvalue weighted by molar-refractivity contribution is 7.13. The number of hydrogen-bond donors (Lipinski definition) is 0. The molecule has 0 N–H and O–H groups in total. The van der Waals surface area contributed by atoms with Crippen LogP contribution in [0.25, 0.3) is 21.6 Å². The van der Waals surface area contributed by atoms with Crippen LogP contribution in [0.3, 0.4) is 0 Å². The number of nitrogens with zero attached hydrogens (tertiary/aromatic N) is 4. The molecule has 0 spiro atoms. The summed E-state index contributed by atoms with van der Waals surface area (Å²) in [6.07, 6.45) is 1.66. The zero-order valence-corrected chi connectivity index (χ0v) is 16.0. The van der Waals surface area contributed by atoms with Crippen LogP contribution in [0, 0.1) is 6.92 Å². The van der Waals surface area contributed by atoms with Crippen molar-refractivity contribution in [3.63, 3.8) is 0 Å². The second-order valence-electron chi connectivity index (χ2n) is 6.46. The zero-order valence-electron chi connectivity index (χ0n) is 15.2. The molecule has 4 rings (SSSR count). The van der Waals surface area contributed by atoms with Gasteiger partial charge in [-0.25, -0.2) is 14.5 Å². The monoisotopic (exact) mass is 382 g/mol. The van der Waals surface area contributed by atoms with Crippen molar-refractivity contribution in [2.75, 3.05) is 0 Å². The fraction of sp³-hybridized carbons (Fsp3) is 0.263. The van der Waals surface area contributed by atoms with Gasteiger partial charge in [-0.1, -0.05) is 11.2 Å². The van der Waals surface area contributed by atoms with E-state index in [2.05, 4.69) is 10.3 Å². The first-order valence-corrected chi connectivity index (χ1v) is 9.42. The van der Waals surface area contributed by atoms with Crippen LogP contribution in [0.4, 0.5) is 0 Å². The molecule has 0 fully saturated rings. The summed E-state index contributed by atoms with van der Waals surface area (Å²) < 4.78 is 12.3. The topological polar surface area (TPSA) is 83.0 Å². The molecule has 8 heteroatoms. The van der Waals surface area contributed by atoms with Crippen LogP contribution in [0.15, 0.2) is 40.4 Å². The SMILES string of the molecule is Cc1cc(COC(=O)c2cc(-c3cccs3)nc3c2cnn3C(C)C)no1. The van der Waals surface area contributed by atoms with E-state index in [4.69, 9.17) is 14.2 Å². The molecule has 4 aromatic heterocycles. The maximum Gasteiger partial charge on any atom is 0.339 e. The van der Waals surface area contributed by atoms with Crippen molar-refractivity contribution < 1.29 is 14.1 Å². The number of pyridine rings is 1. The van der Waals surface area contributed by atoms with Gasteiger partial charge in [-0.15, -0.1) is 11.3 Å². The number of esters is 1. The minimum atomic E-state index is -0.441. The number of aryl methyl sites for hydroxylation is 1. The molecule has 0 aliphatic heterocycles. The molecule has 0 aromatic carbocycles. The summed E-state index contributed by atoms with van der Waals surface area (Å²) in [5.74, 6) is 0.231. The average Bonchev–Trinajstić information content (AvgIpc) is 3.38. The standard InChI is InChI=1S/C19H18N4O3S/c1-11(2)23-18-15(9-20-23)14(8-16(21-18)17-5-4-6-27-17)19(24)25-10-13-7-12(3)26-22-13/h4-9,11H,10H2,1-3H3. The Morgan fingerprint density at radius 3 is 2.89 bits per heavy atom. The summed E-state index contributed by atoms with van der Waals surface area (Å²) in [5.41, 5.74) is 2.40. The summed E-state index contributed by atoms with van der Waals surface area (Å²) in [5, 5.41) is 10.9. The van der Waals surface area contributed by atoms with Crippen LogP contribution < -0.4 is 0 Å². The van der Waals surface area contributed by atoms with Crippen molar-refractivity contribution in [3.8, 4) is 10.6 Å². The molecule has 0 saturated carbocycles. The van der Waals surface area contributed by atoms with E-state index < -0.39 is 5.97 Å². The molecular formula is C19H18N4O3S. The van der Waals surface area contributed by atoms with Crippen molar-refractivity contribution in [2.45, 2.75) is 33.4 Å². The third-order valence-electron chi connectivity index (χ3n) is 4.08. The Labute approximate surface area is 159 Å². The smallest absolute Gasteiger partial charge is 0.339 e. The fourth-order valence-electron chi connectivity index (χ4n) is 2.82. The van der Waals surface area contributed by atoms with Crippen molar-refractivity contribution in [1.29, 1.82) is 0 Å². The molecule has 27 heavy (non-hydrogen) atoms. The summed E-state index contributed by atoms with van der Waals surface area (Å²) >= 11 is 1.57. The van der Waals surface area contributed by atoms with Crippen molar-refractivity contribution in [3.05, 3.63) is 52.9 Å². The summed E-state index contributed by atoms with van der Waals surface area (Å²) in [6, 6.07) is 7.55. The number of ether oxygens (including phenoxy) is 1. The second kappa shape index (κ2) is 6.96. The van der Waals surface area contributed by atoms with Gasteiger partial charge in [0, 0.05) is 12.1 Å². The third kappa shape index (κ3) is 3.35. The fourth-order valence-corrected chi connectivity index (χ4v) is 3.50. The summed E-state index contributed by atoms with van der Waals surface area (Å²) in [4.78, 5) is 18.5. The number of carbonyl (C=O) groups excluding carboxylic acids is 1. The maximum atomic E-state index is 12.8. The molecule has 0 saturated heterocycles. The molecule has 4 aromatic rings. The Morgan fingerprint density at radius 2 is 2.22 bits per heavy atom. The lowest BCUT2D eigenvalue weighted by molar-refractivity contribution is 0.0466. The number of fused-ring (bicyclic) bond motifs is 1. The second-order valence-corrected chi connectivity index (χ2v) is 7.41. The molecule has 0 atom stereocenters. The van der Waals surface area contributed by atoms with E-state index in [1.54, 1.807) is 36.6 Å². The Bertz CT molecular complexity index is 1100. The quantitative estimate of drug-likeness (QED) is 0.476. The first-order valence-electron chi connectivity index (χ1n) is 8.54. The molecule has 4 heterocycles. The van der Waals surface area contributed by atoms with E-state index >= 15 is 0 Å². The Hall–Kier alpha value is -3.00. The highest BCUT2D eigenvalue weighted by Crippen LogP contribution is 2.29. The molecule has 7 nitrogen and oxygen atoms in total. The number of thiophene rings is 1. The molecule has 138 valence electrons. The van der Waals surface area contributed by atoms with Crippen LogP contribution in [0.5, 0.6) is 0 Å². The lowest BCUT2D eigenvalue weighted by atomic mass is 10.1. The van der Waals surface area contributed by atoms with Gasteiger partial charge in [0.05, 0.1) is 27.7 Å².